The number of nitro benzene ring substituents is 1. The standard InChI is InChI=1S/C27H27N3O5/c1-4-18-9-19(11-22(10-18)30(32)33)17-35-27-14-24(21(16-31)13-26(27)34-3)28-15-23-12-20-7-5-6-8-25(20)29(23)2/h5-11,13-16,23H,4,12,17H2,1-3H3. The molecule has 0 spiro atoms. The van der Waals surface area contributed by atoms with Gasteiger partial charge < -0.3 is 14.4 Å². The van der Waals surface area contributed by atoms with E-state index >= 15 is 0 Å². The predicted molar refractivity (Wildman–Crippen MR) is 136 cm³/mol. The molecular formula is C27H27N3O5. The molecule has 1 aliphatic heterocycles. The van der Waals surface area contributed by atoms with Crippen molar-refractivity contribution in [3.05, 3.63) is 87.0 Å². The quantitative estimate of drug-likeness (QED) is 0.181. The molecule has 35 heavy (non-hydrogen) atoms. The summed E-state index contributed by atoms with van der Waals surface area (Å²) in [5, 5.41) is 11.3. The molecule has 0 bridgehead atoms. The number of carbonyl (C=O) groups excluding carboxylic acids is 1. The Labute approximate surface area is 204 Å². The number of nitrogens with zero attached hydrogens (tertiary/aromatic N) is 3. The molecule has 8 heteroatoms. The maximum Gasteiger partial charge on any atom is 0.270 e. The Kier molecular flexibility index (Phi) is 7.10. The summed E-state index contributed by atoms with van der Waals surface area (Å²) in [6, 6.07) is 16.5. The van der Waals surface area contributed by atoms with Crippen LogP contribution in [-0.4, -0.2) is 37.6 Å². The number of carbonyl (C=O) groups is 1. The van der Waals surface area contributed by atoms with Gasteiger partial charge in [0.1, 0.15) is 6.61 Å². The third kappa shape index (κ3) is 5.16. The van der Waals surface area contributed by atoms with Crippen molar-refractivity contribution >= 4 is 29.6 Å². The fourth-order valence-electron chi connectivity index (χ4n) is 4.23. The second kappa shape index (κ2) is 10.4. The SMILES string of the molecule is CCc1cc(COc2cc(N=CC3Cc4ccccc4N3C)c(C=O)cc2OC)cc([N+](=O)[O-])c1. The van der Waals surface area contributed by atoms with Gasteiger partial charge in [-0.2, -0.15) is 0 Å². The summed E-state index contributed by atoms with van der Waals surface area (Å²) in [5.41, 5.74) is 4.82. The molecule has 0 saturated carbocycles. The highest BCUT2D eigenvalue weighted by Crippen LogP contribution is 2.36. The van der Waals surface area contributed by atoms with Crippen LogP contribution in [0.3, 0.4) is 0 Å². The largest absolute Gasteiger partial charge is 0.493 e. The number of ether oxygens (including phenoxy) is 2. The highest BCUT2D eigenvalue weighted by molar-refractivity contribution is 5.88. The van der Waals surface area contributed by atoms with Gasteiger partial charge in [-0.15, -0.1) is 0 Å². The van der Waals surface area contributed by atoms with Gasteiger partial charge in [0.15, 0.2) is 17.8 Å². The number of hydrogen-bond donors (Lipinski definition) is 0. The molecule has 1 heterocycles. The van der Waals surface area contributed by atoms with Crippen LogP contribution in [-0.2, 0) is 19.4 Å². The van der Waals surface area contributed by atoms with Crippen molar-refractivity contribution in [1.29, 1.82) is 0 Å². The molecular weight excluding hydrogens is 446 g/mol. The molecule has 0 saturated heterocycles. The summed E-state index contributed by atoms with van der Waals surface area (Å²) in [7, 11) is 3.52. The predicted octanol–water partition coefficient (Wildman–Crippen LogP) is 5.32. The molecule has 0 radical (unpaired) electrons. The van der Waals surface area contributed by atoms with Gasteiger partial charge in [-0.05, 0) is 41.7 Å². The highest BCUT2D eigenvalue weighted by Gasteiger charge is 2.24. The van der Waals surface area contributed by atoms with Gasteiger partial charge in [0, 0.05) is 42.7 Å². The second-order valence-corrected chi connectivity index (χ2v) is 8.38. The first-order valence-corrected chi connectivity index (χ1v) is 11.4. The summed E-state index contributed by atoms with van der Waals surface area (Å²) in [6.45, 7) is 2.05. The minimum atomic E-state index is -0.409. The monoisotopic (exact) mass is 473 g/mol. The minimum absolute atomic E-state index is 0.0261. The topological polar surface area (TPSA) is 94.3 Å². The molecule has 3 aromatic carbocycles. The fraction of sp³-hybridized carbons (Fsp3) is 0.259. The van der Waals surface area contributed by atoms with Gasteiger partial charge in [0.05, 0.1) is 23.8 Å². The summed E-state index contributed by atoms with van der Waals surface area (Å²) in [4.78, 5) is 29.4. The number of likely N-dealkylation sites (N-methyl/N-ethyl adjacent to an activating group) is 1. The van der Waals surface area contributed by atoms with Crippen LogP contribution < -0.4 is 14.4 Å². The summed E-state index contributed by atoms with van der Waals surface area (Å²) >= 11 is 0. The van der Waals surface area contributed by atoms with E-state index in [1.807, 2.05) is 38.4 Å². The number of rotatable bonds is 9. The Bertz CT molecular complexity index is 1290. The number of non-ortho nitro benzene ring substituents is 1. The molecule has 180 valence electrons. The van der Waals surface area contributed by atoms with Gasteiger partial charge in [-0.25, -0.2) is 0 Å². The van der Waals surface area contributed by atoms with E-state index in [2.05, 4.69) is 22.0 Å². The summed E-state index contributed by atoms with van der Waals surface area (Å²) < 4.78 is 11.4. The van der Waals surface area contributed by atoms with E-state index in [9.17, 15) is 14.9 Å². The first kappa shape index (κ1) is 23.9. The molecule has 0 aliphatic carbocycles. The molecule has 8 nitrogen and oxygen atoms in total. The molecule has 0 fully saturated rings. The van der Waals surface area contributed by atoms with Crippen LogP contribution >= 0.6 is 0 Å². The van der Waals surface area contributed by atoms with E-state index in [0.29, 0.717) is 34.7 Å². The van der Waals surface area contributed by atoms with E-state index in [0.717, 1.165) is 18.3 Å². The van der Waals surface area contributed by atoms with Crippen LogP contribution in [0.5, 0.6) is 11.5 Å². The average Bonchev–Trinajstić information content (AvgIpc) is 3.21. The zero-order chi connectivity index (χ0) is 24.9. The van der Waals surface area contributed by atoms with E-state index in [1.54, 1.807) is 18.2 Å². The van der Waals surface area contributed by atoms with E-state index in [1.165, 1.54) is 24.4 Å². The van der Waals surface area contributed by atoms with Crippen molar-refractivity contribution in [1.82, 2.24) is 0 Å². The maximum atomic E-state index is 11.8. The molecule has 4 rings (SSSR count). The number of aryl methyl sites for hydroxylation is 1. The first-order chi connectivity index (χ1) is 16.9. The van der Waals surface area contributed by atoms with Crippen molar-refractivity contribution in [3.63, 3.8) is 0 Å². The lowest BCUT2D eigenvalue weighted by atomic mass is 10.1. The molecule has 1 unspecified atom stereocenters. The van der Waals surface area contributed by atoms with Crippen molar-refractivity contribution in [3.8, 4) is 11.5 Å². The number of hydrogen-bond acceptors (Lipinski definition) is 7. The summed E-state index contributed by atoms with van der Waals surface area (Å²) in [6.07, 6.45) is 4.08. The zero-order valence-electron chi connectivity index (χ0n) is 19.9. The Morgan fingerprint density at radius 2 is 1.91 bits per heavy atom. The minimum Gasteiger partial charge on any atom is -0.493 e. The summed E-state index contributed by atoms with van der Waals surface area (Å²) in [5.74, 6) is 0.787. The lowest BCUT2D eigenvalue weighted by Gasteiger charge is -2.19. The third-order valence-corrected chi connectivity index (χ3v) is 6.17. The molecule has 0 amide bonds. The van der Waals surface area contributed by atoms with Gasteiger partial charge in [0.25, 0.3) is 5.69 Å². The van der Waals surface area contributed by atoms with Crippen LogP contribution in [0.2, 0.25) is 0 Å². The highest BCUT2D eigenvalue weighted by atomic mass is 16.6. The van der Waals surface area contributed by atoms with Gasteiger partial charge >= 0.3 is 0 Å². The third-order valence-electron chi connectivity index (χ3n) is 6.17. The maximum absolute atomic E-state index is 11.8. The Morgan fingerprint density at radius 1 is 1.14 bits per heavy atom. The number of nitro groups is 1. The number of aldehydes is 1. The number of benzene rings is 3. The van der Waals surface area contributed by atoms with E-state index in [-0.39, 0.29) is 18.3 Å². The Morgan fingerprint density at radius 3 is 2.60 bits per heavy atom. The number of para-hydroxylation sites is 1. The molecule has 1 atom stereocenters. The van der Waals surface area contributed by atoms with Gasteiger partial charge in [-0.3, -0.25) is 19.9 Å². The van der Waals surface area contributed by atoms with Crippen LogP contribution in [0.15, 0.2) is 59.6 Å². The lowest BCUT2D eigenvalue weighted by Crippen LogP contribution is -2.28. The number of anilines is 1. The van der Waals surface area contributed by atoms with Crippen LogP contribution in [0, 0.1) is 10.1 Å². The second-order valence-electron chi connectivity index (χ2n) is 8.38. The zero-order valence-corrected chi connectivity index (χ0v) is 19.9. The van der Waals surface area contributed by atoms with Crippen molar-refractivity contribution in [2.45, 2.75) is 32.4 Å². The molecule has 3 aromatic rings. The number of aliphatic imine (C=N–C) groups is 1. The van der Waals surface area contributed by atoms with Crippen molar-refractivity contribution in [2.24, 2.45) is 4.99 Å². The van der Waals surface area contributed by atoms with Crippen LogP contribution in [0.4, 0.5) is 17.1 Å². The van der Waals surface area contributed by atoms with Gasteiger partial charge in [-0.1, -0.05) is 31.2 Å². The lowest BCUT2D eigenvalue weighted by molar-refractivity contribution is -0.385. The van der Waals surface area contributed by atoms with Crippen LogP contribution in [0.1, 0.15) is 34.0 Å². The van der Waals surface area contributed by atoms with E-state index in [4.69, 9.17) is 9.47 Å². The number of fused-ring (bicyclic) bond motifs is 1. The number of methoxy groups -OCH3 is 1. The first-order valence-electron chi connectivity index (χ1n) is 11.4. The molecule has 0 N–H and O–H groups in total. The Hall–Kier alpha value is -4.20. The smallest absolute Gasteiger partial charge is 0.270 e. The Balaban J connectivity index is 1.58. The van der Waals surface area contributed by atoms with Crippen LogP contribution in [0.25, 0.3) is 0 Å². The normalized spacial score (nSPS) is 14.7. The van der Waals surface area contributed by atoms with E-state index < -0.39 is 4.92 Å². The van der Waals surface area contributed by atoms with Crippen molar-refractivity contribution < 1.29 is 19.2 Å². The fourth-order valence-corrected chi connectivity index (χ4v) is 4.23. The molecule has 0 aromatic heterocycles. The van der Waals surface area contributed by atoms with Gasteiger partial charge in [0.2, 0.25) is 0 Å². The average molecular weight is 474 g/mol. The molecule has 1 aliphatic rings. The van der Waals surface area contributed by atoms with Crippen molar-refractivity contribution in [2.75, 3.05) is 19.1 Å².